The second-order valence-electron chi connectivity index (χ2n) is 4.83. The van der Waals surface area contributed by atoms with Gasteiger partial charge in [-0.15, -0.1) is 0 Å². The van der Waals surface area contributed by atoms with E-state index in [0.717, 1.165) is 0 Å². The summed E-state index contributed by atoms with van der Waals surface area (Å²) in [6, 6.07) is 10.0. The molecule has 0 saturated carbocycles. The van der Waals surface area contributed by atoms with Gasteiger partial charge < -0.3 is 9.58 Å². The molecular formula is C17H22N2O2. The van der Waals surface area contributed by atoms with Gasteiger partial charge in [-0.05, 0) is 26.5 Å². The first-order valence-corrected chi connectivity index (χ1v) is 7.05. The van der Waals surface area contributed by atoms with Gasteiger partial charge in [0.05, 0.1) is 13.2 Å². The van der Waals surface area contributed by atoms with Gasteiger partial charge in [-0.3, -0.25) is 4.90 Å². The summed E-state index contributed by atoms with van der Waals surface area (Å²) in [7, 11) is 1.98. The van der Waals surface area contributed by atoms with E-state index in [0.29, 0.717) is 13.2 Å². The lowest BCUT2D eigenvalue weighted by Crippen LogP contribution is -2.29. The van der Waals surface area contributed by atoms with Gasteiger partial charge in [0.25, 0.3) is 6.04 Å². The average Bonchev–Trinajstić information content (AvgIpc) is 2.51. The third-order valence-electron chi connectivity index (χ3n) is 3.33. The summed E-state index contributed by atoms with van der Waals surface area (Å²) in [5, 5.41) is 0. The molecule has 0 aliphatic rings. The Hall–Kier alpha value is -2.12. The topological polar surface area (TPSA) is 33.9 Å². The fourth-order valence-electron chi connectivity index (χ4n) is 1.96. The van der Waals surface area contributed by atoms with Crippen molar-refractivity contribution in [3.05, 3.63) is 59.5 Å². The van der Waals surface area contributed by atoms with Gasteiger partial charge in [0.2, 0.25) is 0 Å². The van der Waals surface area contributed by atoms with E-state index in [9.17, 15) is 4.79 Å². The first kappa shape index (κ1) is 16.9. The monoisotopic (exact) mass is 286 g/mol. The van der Waals surface area contributed by atoms with Crippen LogP contribution in [-0.4, -0.2) is 37.1 Å². The largest absolute Gasteiger partial charge is 0.463 e. The maximum absolute atomic E-state index is 11.3. The third-order valence-corrected chi connectivity index (χ3v) is 3.33. The van der Waals surface area contributed by atoms with Crippen LogP contribution in [0.15, 0.2) is 42.5 Å². The Labute approximate surface area is 126 Å². The lowest BCUT2D eigenvalue weighted by molar-refractivity contribution is -0.137. The van der Waals surface area contributed by atoms with E-state index in [1.165, 1.54) is 11.6 Å². The van der Waals surface area contributed by atoms with Gasteiger partial charge in [-0.25, -0.2) is 11.4 Å². The van der Waals surface area contributed by atoms with Crippen molar-refractivity contribution in [3.8, 4) is 0 Å². The summed E-state index contributed by atoms with van der Waals surface area (Å²) in [4.78, 5) is 16.9. The van der Waals surface area contributed by atoms with Gasteiger partial charge in [0.15, 0.2) is 0 Å². The fraction of sp³-hybridized carbons (Fsp3) is 0.412. The molecule has 0 aliphatic carbocycles. The number of hydrogen-bond acceptors (Lipinski definition) is 3. The predicted molar refractivity (Wildman–Crippen MR) is 83.7 cm³/mol. The number of likely N-dealkylation sites (N-methyl/N-ethyl adjacent to an activating group) is 1. The highest BCUT2D eigenvalue weighted by Gasteiger charge is 2.18. The van der Waals surface area contributed by atoms with Crippen LogP contribution in [0.2, 0.25) is 0 Å². The number of carbonyl (C=O) groups excluding carboxylic acids is 1. The van der Waals surface area contributed by atoms with Crippen LogP contribution in [0.3, 0.4) is 0 Å². The van der Waals surface area contributed by atoms with E-state index < -0.39 is 5.97 Å². The lowest BCUT2D eigenvalue weighted by Gasteiger charge is -2.24. The number of carbonyl (C=O) groups is 1. The minimum absolute atomic E-state index is 0.214. The number of hydrogen-bond donors (Lipinski definition) is 0. The van der Waals surface area contributed by atoms with Gasteiger partial charge in [-0.1, -0.05) is 30.3 Å². The normalized spacial score (nSPS) is 13.9. The van der Waals surface area contributed by atoms with Crippen molar-refractivity contribution in [2.45, 2.75) is 25.9 Å². The summed E-state index contributed by atoms with van der Waals surface area (Å²) >= 11 is 0. The molecule has 0 N–H and O–H groups in total. The summed E-state index contributed by atoms with van der Waals surface area (Å²) in [6.45, 7) is 12.0. The average molecular weight is 286 g/mol. The van der Waals surface area contributed by atoms with Crippen LogP contribution >= 0.6 is 0 Å². The zero-order chi connectivity index (χ0) is 15.7. The van der Waals surface area contributed by atoms with E-state index in [-0.39, 0.29) is 12.1 Å². The third kappa shape index (κ3) is 5.80. The quantitative estimate of drug-likeness (QED) is 0.439. The van der Waals surface area contributed by atoms with Crippen molar-refractivity contribution in [3.63, 3.8) is 0 Å². The molecular weight excluding hydrogens is 264 g/mol. The van der Waals surface area contributed by atoms with Crippen molar-refractivity contribution < 1.29 is 9.53 Å². The summed E-state index contributed by atoms with van der Waals surface area (Å²) in [5.41, 5.74) is 1.21. The summed E-state index contributed by atoms with van der Waals surface area (Å²) < 4.78 is 4.82. The second-order valence-corrected chi connectivity index (χ2v) is 4.83. The van der Waals surface area contributed by atoms with Crippen LogP contribution in [-0.2, 0) is 9.53 Å². The Morgan fingerprint density at radius 2 is 2.10 bits per heavy atom. The highest BCUT2D eigenvalue weighted by Crippen LogP contribution is 2.18. The Bertz CT molecular complexity index is 505. The maximum atomic E-state index is 11.3. The van der Waals surface area contributed by atoms with Crippen LogP contribution in [0.25, 0.3) is 4.85 Å². The molecule has 1 aromatic carbocycles. The molecule has 1 rings (SSSR count). The minimum Gasteiger partial charge on any atom is -0.463 e. The number of rotatable bonds is 7. The number of ether oxygens (including phenoxy) is 1. The summed E-state index contributed by atoms with van der Waals surface area (Å²) in [5.74, 6) is -0.398. The van der Waals surface area contributed by atoms with Crippen molar-refractivity contribution in [2.24, 2.45) is 0 Å². The molecule has 2 atom stereocenters. The van der Waals surface area contributed by atoms with Crippen molar-refractivity contribution in [1.29, 1.82) is 0 Å². The number of nitrogens with zero attached hydrogens (tertiary/aromatic N) is 2. The molecule has 0 unspecified atom stereocenters. The van der Waals surface area contributed by atoms with Crippen LogP contribution in [0, 0.1) is 6.57 Å². The molecule has 0 saturated heterocycles. The minimum atomic E-state index is -0.398. The Kier molecular flexibility index (Phi) is 7.20. The predicted octanol–water partition coefficient (Wildman–Crippen LogP) is 3.09. The van der Waals surface area contributed by atoms with E-state index >= 15 is 0 Å². The van der Waals surface area contributed by atoms with Gasteiger partial charge >= 0.3 is 5.97 Å². The van der Waals surface area contributed by atoms with Crippen LogP contribution in [0.5, 0.6) is 0 Å². The Morgan fingerprint density at radius 1 is 1.43 bits per heavy atom. The first-order valence-electron chi connectivity index (χ1n) is 7.05. The fourth-order valence-corrected chi connectivity index (χ4v) is 1.96. The molecule has 0 bridgehead atoms. The molecule has 0 heterocycles. The highest BCUT2D eigenvalue weighted by atomic mass is 16.5. The maximum Gasteiger partial charge on any atom is 0.330 e. The van der Waals surface area contributed by atoms with E-state index in [2.05, 4.69) is 28.8 Å². The second kappa shape index (κ2) is 8.93. The van der Waals surface area contributed by atoms with Crippen LogP contribution in [0.1, 0.15) is 25.5 Å². The number of benzene rings is 1. The van der Waals surface area contributed by atoms with Gasteiger partial charge in [0, 0.05) is 18.2 Å². The molecule has 0 spiro atoms. The SMILES string of the molecule is [C-]#[N+][C@H](/C=C/C(=O)OCC)CN(C)[C@H](C)c1ccccc1. The van der Waals surface area contributed by atoms with Gasteiger partial charge in [-0.2, -0.15) is 0 Å². The van der Waals surface area contributed by atoms with E-state index in [4.69, 9.17) is 11.3 Å². The van der Waals surface area contributed by atoms with E-state index in [1.54, 1.807) is 13.0 Å². The van der Waals surface area contributed by atoms with Crippen LogP contribution < -0.4 is 0 Å². The van der Waals surface area contributed by atoms with Crippen molar-refractivity contribution >= 4 is 5.97 Å². The van der Waals surface area contributed by atoms with Crippen molar-refractivity contribution in [2.75, 3.05) is 20.2 Å². The molecule has 0 amide bonds. The molecule has 0 aromatic heterocycles. The molecule has 112 valence electrons. The standard InChI is InChI=1S/C17H22N2O2/c1-5-21-17(20)12-11-16(18-3)13-19(4)14(2)15-9-7-6-8-10-15/h6-12,14,16H,5,13H2,1-2,4H3/b12-11+/t14-,16-/m1/s1. The van der Waals surface area contributed by atoms with E-state index in [1.807, 2.05) is 25.2 Å². The molecule has 4 nitrogen and oxygen atoms in total. The molecule has 4 heteroatoms. The summed E-state index contributed by atoms with van der Waals surface area (Å²) in [6.07, 6.45) is 2.95. The molecule has 1 aromatic rings. The molecule has 0 radical (unpaired) electrons. The lowest BCUT2D eigenvalue weighted by atomic mass is 10.1. The first-order chi connectivity index (χ1) is 10.1. The van der Waals surface area contributed by atoms with Crippen molar-refractivity contribution in [1.82, 2.24) is 4.90 Å². The van der Waals surface area contributed by atoms with Crippen LogP contribution in [0.4, 0.5) is 0 Å². The molecule has 0 fully saturated rings. The smallest absolute Gasteiger partial charge is 0.330 e. The Balaban J connectivity index is 2.61. The highest BCUT2D eigenvalue weighted by molar-refractivity contribution is 5.82. The van der Waals surface area contributed by atoms with Gasteiger partial charge in [0.1, 0.15) is 0 Å². The molecule has 0 aliphatic heterocycles. The Morgan fingerprint density at radius 3 is 2.67 bits per heavy atom. The zero-order valence-electron chi connectivity index (χ0n) is 12.8. The zero-order valence-corrected chi connectivity index (χ0v) is 12.8. The molecule has 21 heavy (non-hydrogen) atoms. The number of esters is 1.